The molecule has 0 aliphatic heterocycles. The molecule has 5 rings (SSSR count). The highest BCUT2D eigenvalue weighted by atomic mass is 16.3. The van der Waals surface area contributed by atoms with E-state index in [4.69, 9.17) is 0 Å². The van der Waals surface area contributed by atoms with E-state index in [0.717, 1.165) is 17.2 Å². The highest BCUT2D eigenvalue weighted by molar-refractivity contribution is 6.07. The predicted molar refractivity (Wildman–Crippen MR) is 186 cm³/mol. The molecule has 4 aromatic rings. The molecular formula is C40H38O9. The van der Waals surface area contributed by atoms with Gasteiger partial charge in [0.05, 0.1) is 5.56 Å². The van der Waals surface area contributed by atoms with Crippen molar-refractivity contribution in [2.24, 2.45) is 5.92 Å². The standard InChI is InChI=1S/C40H38O9/c1-21(2)4-10-28-34(44)15-12-29(39(28)48)40(49)38-31(27-11-9-26(42)20-37(27)47)16-22(3)17-32(38)30-18-24(7-14-35(30)45)33(43)13-6-23-5-8-25(41)19-36(23)46/h4-9,11-15,17-20,31-32,38,41-42,44-48H,10,16H2,1-3H3/b13-6+. The number of phenolic OH excluding ortho intramolecular Hbond substituents is 7. The number of phenols is 7. The zero-order valence-corrected chi connectivity index (χ0v) is 27.3. The average molecular weight is 663 g/mol. The van der Waals surface area contributed by atoms with Gasteiger partial charge in [0, 0.05) is 52.1 Å². The first-order valence-electron chi connectivity index (χ1n) is 15.7. The maximum atomic E-state index is 14.7. The van der Waals surface area contributed by atoms with E-state index < -0.39 is 29.3 Å². The third kappa shape index (κ3) is 7.31. The molecule has 3 atom stereocenters. The van der Waals surface area contributed by atoms with Crippen LogP contribution in [0.1, 0.15) is 82.0 Å². The summed E-state index contributed by atoms with van der Waals surface area (Å²) in [4.78, 5) is 28.0. The summed E-state index contributed by atoms with van der Waals surface area (Å²) in [6, 6.07) is 15.1. The summed E-state index contributed by atoms with van der Waals surface area (Å²) in [7, 11) is 0. The van der Waals surface area contributed by atoms with E-state index in [2.05, 4.69) is 0 Å². The Morgan fingerprint density at radius 1 is 0.755 bits per heavy atom. The van der Waals surface area contributed by atoms with E-state index in [1.54, 1.807) is 0 Å². The smallest absolute Gasteiger partial charge is 0.185 e. The molecule has 9 heteroatoms. The zero-order valence-electron chi connectivity index (χ0n) is 27.3. The highest BCUT2D eigenvalue weighted by Crippen LogP contribution is 2.51. The first kappa shape index (κ1) is 34.4. The van der Waals surface area contributed by atoms with Gasteiger partial charge in [-0.1, -0.05) is 29.4 Å². The number of rotatable bonds is 9. The van der Waals surface area contributed by atoms with Crippen molar-refractivity contribution in [2.45, 2.75) is 45.4 Å². The lowest BCUT2D eigenvalue weighted by molar-refractivity contribution is 0.0877. The van der Waals surface area contributed by atoms with Gasteiger partial charge in [-0.25, -0.2) is 0 Å². The summed E-state index contributed by atoms with van der Waals surface area (Å²) in [5, 5.41) is 73.8. The molecule has 0 saturated carbocycles. The van der Waals surface area contributed by atoms with Crippen LogP contribution >= 0.6 is 0 Å². The molecule has 0 spiro atoms. The van der Waals surface area contributed by atoms with Gasteiger partial charge in [-0.05, 0) is 99.9 Å². The summed E-state index contributed by atoms with van der Waals surface area (Å²) < 4.78 is 0. The molecule has 252 valence electrons. The Morgan fingerprint density at radius 2 is 1.43 bits per heavy atom. The Hall–Kier alpha value is -5.96. The molecule has 7 N–H and O–H groups in total. The molecule has 0 bridgehead atoms. The van der Waals surface area contributed by atoms with Crippen LogP contribution < -0.4 is 0 Å². The fourth-order valence-corrected chi connectivity index (χ4v) is 6.40. The van der Waals surface area contributed by atoms with E-state index in [0.29, 0.717) is 17.5 Å². The fourth-order valence-electron chi connectivity index (χ4n) is 6.40. The molecule has 0 heterocycles. The minimum atomic E-state index is -1.02. The number of allylic oxidation sites excluding steroid dienone is 5. The largest absolute Gasteiger partial charge is 0.508 e. The van der Waals surface area contributed by atoms with Crippen LogP contribution in [0.4, 0.5) is 0 Å². The van der Waals surface area contributed by atoms with Crippen molar-refractivity contribution in [3.63, 3.8) is 0 Å². The topological polar surface area (TPSA) is 176 Å². The molecular weight excluding hydrogens is 624 g/mol. The molecule has 49 heavy (non-hydrogen) atoms. The summed E-state index contributed by atoms with van der Waals surface area (Å²) >= 11 is 0. The Labute approximate surface area is 283 Å². The van der Waals surface area contributed by atoms with Crippen LogP contribution in [0.25, 0.3) is 6.08 Å². The minimum absolute atomic E-state index is 0.0514. The number of carbonyl (C=O) groups is 2. The second-order valence-corrected chi connectivity index (χ2v) is 12.6. The SMILES string of the molecule is CC(C)=CCc1c(O)ccc(C(=O)C2C(c3cc(C(=O)/C=C/c4ccc(O)cc4O)ccc3O)C=C(C)CC2c2ccc(O)cc2O)c1O. The maximum absolute atomic E-state index is 14.7. The van der Waals surface area contributed by atoms with Gasteiger partial charge in [0.2, 0.25) is 0 Å². The lowest BCUT2D eigenvalue weighted by Crippen LogP contribution is -2.31. The molecule has 1 aliphatic rings. The number of carbonyl (C=O) groups excluding carboxylic acids is 2. The van der Waals surface area contributed by atoms with Crippen LogP contribution in [-0.2, 0) is 6.42 Å². The number of hydrogen-bond acceptors (Lipinski definition) is 9. The lowest BCUT2D eigenvalue weighted by Gasteiger charge is -2.37. The fraction of sp³-hybridized carbons (Fsp3) is 0.200. The van der Waals surface area contributed by atoms with Crippen molar-refractivity contribution in [3.05, 3.63) is 129 Å². The maximum Gasteiger partial charge on any atom is 0.185 e. The van der Waals surface area contributed by atoms with Crippen molar-refractivity contribution < 1.29 is 45.3 Å². The van der Waals surface area contributed by atoms with Crippen LogP contribution in [0.15, 0.2) is 96.1 Å². The van der Waals surface area contributed by atoms with Gasteiger partial charge in [-0.3, -0.25) is 9.59 Å². The molecule has 3 unspecified atom stereocenters. The monoisotopic (exact) mass is 662 g/mol. The number of ketones is 2. The van der Waals surface area contributed by atoms with Gasteiger partial charge in [0.1, 0.15) is 40.2 Å². The van der Waals surface area contributed by atoms with Crippen molar-refractivity contribution in [1.29, 1.82) is 0 Å². The number of aromatic hydroxyl groups is 7. The van der Waals surface area contributed by atoms with Gasteiger partial charge in [-0.15, -0.1) is 0 Å². The Balaban J connectivity index is 1.64. The minimum Gasteiger partial charge on any atom is -0.508 e. The molecule has 0 saturated heterocycles. The quantitative estimate of drug-likeness (QED) is 0.0537. The molecule has 4 aromatic carbocycles. The van der Waals surface area contributed by atoms with Crippen LogP contribution in [-0.4, -0.2) is 47.3 Å². The van der Waals surface area contributed by atoms with Crippen molar-refractivity contribution >= 4 is 17.6 Å². The summed E-state index contributed by atoms with van der Waals surface area (Å²) in [5.41, 5.74) is 3.04. The first-order chi connectivity index (χ1) is 23.2. The summed E-state index contributed by atoms with van der Waals surface area (Å²) in [6.07, 6.45) is 6.78. The molecule has 0 aromatic heterocycles. The van der Waals surface area contributed by atoms with E-state index in [-0.39, 0.29) is 68.9 Å². The van der Waals surface area contributed by atoms with Gasteiger partial charge < -0.3 is 35.7 Å². The molecule has 9 nitrogen and oxygen atoms in total. The lowest BCUT2D eigenvalue weighted by atomic mass is 9.65. The highest BCUT2D eigenvalue weighted by Gasteiger charge is 2.42. The van der Waals surface area contributed by atoms with Gasteiger partial charge >= 0.3 is 0 Å². The molecule has 0 fully saturated rings. The summed E-state index contributed by atoms with van der Waals surface area (Å²) in [6.45, 7) is 5.60. The second-order valence-electron chi connectivity index (χ2n) is 12.6. The van der Waals surface area contributed by atoms with Crippen LogP contribution in [0.5, 0.6) is 40.2 Å². The Kier molecular flexibility index (Phi) is 9.84. The van der Waals surface area contributed by atoms with Crippen LogP contribution in [0.3, 0.4) is 0 Å². The third-order valence-electron chi connectivity index (χ3n) is 8.88. The number of benzene rings is 4. The Bertz CT molecular complexity index is 2030. The van der Waals surface area contributed by atoms with Gasteiger partial charge in [0.15, 0.2) is 11.6 Å². The zero-order chi connectivity index (χ0) is 35.6. The number of hydrogen-bond donors (Lipinski definition) is 7. The van der Waals surface area contributed by atoms with Crippen molar-refractivity contribution in [3.8, 4) is 40.2 Å². The third-order valence-corrected chi connectivity index (χ3v) is 8.88. The Morgan fingerprint density at radius 3 is 2.10 bits per heavy atom. The first-order valence-corrected chi connectivity index (χ1v) is 15.7. The van der Waals surface area contributed by atoms with E-state index in [1.165, 1.54) is 72.8 Å². The predicted octanol–water partition coefficient (Wildman–Crippen LogP) is 7.75. The molecule has 1 aliphatic carbocycles. The van der Waals surface area contributed by atoms with Crippen LogP contribution in [0, 0.1) is 5.92 Å². The van der Waals surface area contributed by atoms with E-state index >= 15 is 0 Å². The second kappa shape index (κ2) is 14.0. The molecule has 0 radical (unpaired) electrons. The van der Waals surface area contributed by atoms with Gasteiger partial charge in [-0.2, -0.15) is 0 Å². The number of Topliss-reactive ketones (excluding diaryl/α,β-unsaturated/α-hetero) is 1. The molecule has 0 amide bonds. The van der Waals surface area contributed by atoms with E-state index in [9.17, 15) is 45.3 Å². The van der Waals surface area contributed by atoms with Gasteiger partial charge in [0.25, 0.3) is 0 Å². The van der Waals surface area contributed by atoms with E-state index in [1.807, 2.05) is 32.9 Å². The van der Waals surface area contributed by atoms with Crippen LogP contribution in [0.2, 0.25) is 0 Å². The van der Waals surface area contributed by atoms with Crippen molar-refractivity contribution in [1.82, 2.24) is 0 Å². The van der Waals surface area contributed by atoms with Crippen molar-refractivity contribution in [2.75, 3.05) is 0 Å². The summed E-state index contributed by atoms with van der Waals surface area (Å²) in [5.74, 6) is -5.00. The average Bonchev–Trinajstić information content (AvgIpc) is 3.03. The normalized spacial score (nSPS) is 17.4.